The Morgan fingerprint density at radius 3 is 2.36 bits per heavy atom. The number of ether oxygens (including phenoxy) is 1. The molecule has 0 saturated carbocycles. The molecule has 1 aromatic rings. The maximum atomic E-state index is 13.3. The molecule has 0 spiro atoms. The number of likely N-dealkylation sites (tertiary alicyclic amines) is 1. The minimum absolute atomic E-state index is 0. The smallest absolute Gasteiger partial charge is 0.231 e. The van der Waals surface area contributed by atoms with Crippen LogP contribution in [0.1, 0.15) is 31.2 Å². The maximum Gasteiger partial charge on any atom is 0.231 e. The van der Waals surface area contributed by atoms with Crippen molar-refractivity contribution < 1.29 is 9.53 Å². The van der Waals surface area contributed by atoms with Crippen LogP contribution in [-0.2, 0) is 16.1 Å². The quantitative estimate of drug-likeness (QED) is 0.751. The largest absolute Gasteiger partial charge is 0.384 e. The van der Waals surface area contributed by atoms with Crippen molar-refractivity contribution in [1.29, 1.82) is 0 Å². The molecule has 2 aliphatic heterocycles. The molecule has 28 heavy (non-hydrogen) atoms. The highest BCUT2D eigenvalue weighted by molar-refractivity contribution is 5.85. The third-order valence-electron chi connectivity index (χ3n) is 6.11. The van der Waals surface area contributed by atoms with Gasteiger partial charge in [0.2, 0.25) is 5.91 Å². The van der Waals surface area contributed by atoms with Crippen LogP contribution < -0.4 is 5.32 Å². The van der Waals surface area contributed by atoms with Gasteiger partial charge in [-0.25, -0.2) is 0 Å². The van der Waals surface area contributed by atoms with Gasteiger partial charge in [-0.05, 0) is 44.3 Å². The first-order chi connectivity index (χ1) is 12.6. The fourth-order valence-electron chi connectivity index (χ4n) is 4.45. The summed E-state index contributed by atoms with van der Waals surface area (Å²) in [5.74, 6) is 0.280. The Kier molecular flexibility index (Phi) is 10.8. The average molecular weight is 432 g/mol. The van der Waals surface area contributed by atoms with Crippen molar-refractivity contribution in [3.8, 4) is 0 Å². The second-order valence-electron chi connectivity index (χ2n) is 7.87. The van der Waals surface area contributed by atoms with Gasteiger partial charge in [-0.2, -0.15) is 0 Å². The Morgan fingerprint density at radius 2 is 1.79 bits per heavy atom. The molecule has 2 heterocycles. The summed E-state index contributed by atoms with van der Waals surface area (Å²) in [5.41, 5.74) is 1.03. The molecule has 2 aliphatic rings. The maximum absolute atomic E-state index is 13.3. The zero-order chi connectivity index (χ0) is 18.4. The van der Waals surface area contributed by atoms with Gasteiger partial charge in [-0.1, -0.05) is 30.3 Å². The van der Waals surface area contributed by atoms with Crippen LogP contribution in [0, 0.1) is 5.41 Å². The number of amides is 1. The summed E-state index contributed by atoms with van der Waals surface area (Å²) in [6.45, 7) is 5.44. The van der Waals surface area contributed by atoms with Crippen molar-refractivity contribution in [2.24, 2.45) is 5.41 Å². The molecule has 160 valence electrons. The van der Waals surface area contributed by atoms with Crippen molar-refractivity contribution in [1.82, 2.24) is 15.1 Å². The molecule has 2 saturated heterocycles. The van der Waals surface area contributed by atoms with Gasteiger partial charge in [0.1, 0.15) is 0 Å². The Morgan fingerprint density at radius 1 is 1.18 bits per heavy atom. The summed E-state index contributed by atoms with van der Waals surface area (Å²) in [6, 6.07) is 11.0. The number of piperidine rings is 2. The highest BCUT2D eigenvalue weighted by Gasteiger charge is 2.43. The van der Waals surface area contributed by atoms with E-state index in [0.717, 1.165) is 58.4 Å². The lowest BCUT2D eigenvalue weighted by molar-refractivity contribution is -0.149. The van der Waals surface area contributed by atoms with E-state index in [2.05, 4.69) is 40.5 Å². The minimum atomic E-state index is -0.337. The lowest BCUT2D eigenvalue weighted by Gasteiger charge is -2.43. The topological polar surface area (TPSA) is 44.8 Å². The summed E-state index contributed by atoms with van der Waals surface area (Å²) < 4.78 is 5.44. The predicted molar refractivity (Wildman–Crippen MR) is 118 cm³/mol. The monoisotopic (exact) mass is 431 g/mol. The number of carbonyl (C=O) groups is 1. The first kappa shape index (κ1) is 25.2. The van der Waals surface area contributed by atoms with E-state index in [1.807, 2.05) is 11.9 Å². The number of carbonyl (C=O) groups excluding carboxylic acids is 1. The van der Waals surface area contributed by atoms with Gasteiger partial charge in [0.25, 0.3) is 0 Å². The van der Waals surface area contributed by atoms with Crippen LogP contribution in [0.2, 0.25) is 0 Å². The number of benzene rings is 1. The van der Waals surface area contributed by atoms with Crippen LogP contribution in [-0.4, -0.2) is 68.7 Å². The summed E-state index contributed by atoms with van der Waals surface area (Å²) in [4.78, 5) is 17.8. The molecular formula is C21H35Cl2N3O2. The van der Waals surface area contributed by atoms with Gasteiger partial charge in [0.05, 0.1) is 12.0 Å². The van der Waals surface area contributed by atoms with Crippen molar-refractivity contribution in [3.63, 3.8) is 0 Å². The zero-order valence-electron chi connectivity index (χ0n) is 17.1. The molecule has 1 N–H and O–H groups in total. The van der Waals surface area contributed by atoms with Crippen LogP contribution in [0.15, 0.2) is 30.3 Å². The average Bonchev–Trinajstić information content (AvgIpc) is 2.69. The van der Waals surface area contributed by atoms with Crippen LogP contribution in [0.4, 0.5) is 0 Å². The Balaban J connectivity index is 0.00000196. The SMILES string of the molecule is COCC1(C(=O)N(C)C2CCN(Cc3ccccc3)CC2)CCNCC1.Cl.Cl. The molecule has 0 atom stereocenters. The number of methoxy groups -OCH3 is 1. The number of nitrogens with one attached hydrogen (secondary N) is 1. The molecule has 3 rings (SSSR count). The number of nitrogens with zero attached hydrogens (tertiary/aromatic N) is 2. The van der Waals surface area contributed by atoms with E-state index in [0.29, 0.717) is 12.6 Å². The summed E-state index contributed by atoms with van der Waals surface area (Å²) >= 11 is 0. The lowest BCUT2D eigenvalue weighted by atomic mass is 9.78. The number of hydrogen-bond acceptors (Lipinski definition) is 4. The fourth-order valence-corrected chi connectivity index (χ4v) is 4.45. The second kappa shape index (κ2) is 12.0. The molecular weight excluding hydrogens is 397 g/mol. The Bertz CT molecular complexity index is 569. The fraction of sp³-hybridized carbons (Fsp3) is 0.667. The third-order valence-corrected chi connectivity index (χ3v) is 6.11. The van der Waals surface area contributed by atoms with Crippen molar-refractivity contribution in [3.05, 3.63) is 35.9 Å². The van der Waals surface area contributed by atoms with E-state index in [1.165, 1.54) is 5.56 Å². The summed E-state index contributed by atoms with van der Waals surface area (Å²) in [7, 11) is 3.71. The highest BCUT2D eigenvalue weighted by Crippen LogP contribution is 2.33. The molecule has 0 bridgehead atoms. The molecule has 1 amide bonds. The van der Waals surface area contributed by atoms with Crippen LogP contribution in [0.3, 0.4) is 0 Å². The third kappa shape index (κ3) is 6.07. The predicted octanol–water partition coefficient (Wildman–Crippen LogP) is 2.97. The van der Waals surface area contributed by atoms with Crippen molar-refractivity contribution in [2.45, 2.75) is 38.3 Å². The first-order valence-electron chi connectivity index (χ1n) is 9.88. The molecule has 0 aliphatic carbocycles. The van der Waals surface area contributed by atoms with Gasteiger partial charge in [0.15, 0.2) is 0 Å². The molecule has 7 heteroatoms. The van der Waals surface area contributed by atoms with Gasteiger partial charge < -0.3 is 15.0 Å². The van der Waals surface area contributed by atoms with Crippen molar-refractivity contribution >= 4 is 30.7 Å². The van der Waals surface area contributed by atoms with E-state index in [1.54, 1.807) is 7.11 Å². The van der Waals surface area contributed by atoms with Gasteiger partial charge in [-0.3, -0.25) is 9.69 Å². The van der Waals surface area contributed by atoms with Crippen LogP contribution in [0.5, 0.6) is 0 Å². The van der Waals surface area contributed by atoms with Crippen LogP contribution >= 0.6 is 24.8 Å². The van der Waals surface area contributed by atoms with Gasteiger partial charge in [0, 0.05) is 39.8 Å². The molecule has 0 unspecified atom stereocenters. The number of rotatable bonds is 6. The van der Waals surface area contributed by atoms with E-state index >= 15 is 0 Å². The van der Waals surface area contributed by atoms with E-state index in [9.17, 15) is 4.79 Å². The van der Waals surface area contributed by atoms with Crippen LogP contribution in [0.25, 0.3) is 0 Å². The van der Waals surface area contributed by atoms with Gasteiger partial charge in [-0.15, -0.1) is 24.8 Å². The van der Waals surface area contributed by atoms with E-state index in [4.69, 9.17) is 4.74 Å². The second-order valence-corrected chi connectivity index (χ2v) is 7.87. The summed E-state index contributed by atoms with van der Waals surface area (Å²) in [6.07, 6.45) is 3.85. The Labute approximate surface area is 182 Å². The molecule has 0 radical (unpaired) electrons. The molecule has 5 nitrogen and oxygen atoms in total. The molecule has 0 aromatic heterocycles. The summed E-state index contributed by atoms with van der Waals surface area (Å²) in [5, 5.41) is 3.37. The van der Waals surface area contributed by atoms with Gasteiger partial charge >= 0.3 is 0 Å². The minimum Gasteiger partial charge on any atom is -0.384 e. The Hall–Kier alpha value is -0.850. The highest BCUT2D eigenvalue weighted by atomic mass is 35.5. The normalized spacial score (nSPS) is 19.9. The zero-order valence-corrected chi connectivity index (χ0v) is 18.7. The standard InChI is InChI=1S/C21H33N3O2.2ClH/c1-23(20(25)21(17-26-2)10-12-22-13-11-21)19-8-14-24(15-9-19)16-18-6-4-3-5-7-18;;/h3-7,19,22H,8-17H2,1-2H3;2*1H. The molecule has 1 aromatic carbocycles. The van der Waals surface area contributed by atoms with Crippen molar-refractivity contribution in [2.75, 3.05) is 46.9 Å². The van der Waals surface area contributed by atoms with E-state index in [-0.39, 0.29) is 36.1 Å². The first-order valence-corrected chi connectivity index (χ1v) is 9.88. The van der Waals surface area contributed by atoms with E-state index < -0.39 is 0 Å². The number of hydrogen-bond donors (Lipinski definition) is 1. The number of halogens is 2. The molecule has 2 fully saturated rings. The lowest BCUT2D eigenvalue weighted by Crippen LogP contribution is -2.54.